The minimum Gasteiger partial charge on any atom is -0.256 e. The standard InChI is InChI=1S/C38H27N/c1-38(2)32-20-10-9-19-30(32)36-25-14-4-3-13-24(25)31(23-33(36)38)35-26-15-5-7-17-28(26)37(34-21-11-12-22-39-34)29-18-8-6-16-27(29)35/h3-23H,1-2H3. The van der Waals surface area contributed by atoms with Crippen molar-refractivity contribution in [2.24, 2.45) is 0 Å². The average Bonchev–Trinajstić information content (AvgIpc) is 3.22. The van der Waals surface area contributed by atoms with E-state index < -0.39 is 0 Å². The van der Waals surface area contributed by atoms with E-state index in [0.717, 1.165) is 5.69 Å². The fourth-order valence-corrected chi connectivity index (χ4v) is 6.96. The molecule has 0 aliphatic heterocycles. The van der Waals surface area contributed by atoms with Gasteiger partial charge in [-0.25, -0.2) is 0 Å². The highest BCUT2D eigenvalue weighted by Gasteiger charge is 2.37. The summed E-state index contributed by atoms with van der Waals surface area (Å²) in [6, 6.07) is 44.3. The highest BCUT2D eigenvalue weighted by Crippen LogP contribution is 2.54. The van der Waals surface area contributed by atoms with E-state index in [4.69, 9.17) is 4.98 Å². The van der Waals surface area contributed by atoms with Gasteiger partial charge in [0, 0.05) is 17.2 Å². The lowest BCUT2D eigenvalue weighted by Crippen LogP contribution is -2.15. The Morgan fingerprint density at radius 1 is 0.436 bits per heavy atom. The maximum absolute atomic E-state index is 4.79. The summed E-state index contributed by atoms with van der Waals surface area (Å²) in [5.41, 5.74) is 10.3. The molecule has 6 aromatic carbocycles. The van der Waals surface area contributed by atoms with Crippen molar-refractivity contribution in [3.63, 3.8) is 0 Å². The Morgan fingerprint density at radius 2 is 0.949 bits per heavy atom. The van der Waals surface area contributed by atoms with E-state index in [9.17, 15) is 0 Å². The zero-order valence-corrected chi connectivity index (χ0v) is 22.1. The Bertz CT molecular complexity index is 2030. The summed E-state index contributed by atoms with van der Waals surface area (Å²) in [5, 5.41) is 7.61. The van der Waals surface area contributed by atoms with Crippen LogP contribution in [0, 0.1) is 0 Å². The van der Waals surface area contributed by atoms with Crippen LogP contribution in [0.15, 0.2) is 128 Å². The number of benzene rings is 6. The third-order valence-electron chi connectivity index (χ3n) is 8.71. The fourth-order valence-electron chi connectivity index (χ4n) is 6.96. The van der Waals surface area contributed by atoms with Crippen LogP contribution in [0.3, 0.4) is 0 Å². The third-order valence-corrected chi connectivity index (χ3v) is 8.71. The molecule has 184 valence electrons. The van der Waals surface area contributed by atoms with Gasteiger partial charge in [0.05, 0.1) is 5.69 Å². The van der Waals surface area contributed by atoms with Crippen LogP contribution in [-0.4, -0.2) is 4.98 Å². The first-order valence-electron chi connectivity index (χ1n) is 13.7. The molecule has 0 fully saturated rings. The number of pyridine rings is 1. The quantitative estimate of drug-likeness (QED) is 0.217. The van der Waals surface area contributed by atoms with Crippen molar-refractivity contribution in [3.8, 4) is 33.5 Å². The number of rotatable bonds is 2. The van der Waals surface area contributed by atoms with Crippen LogP contribution >= 0.6 is 0 Å². The molecule has 0 atom stereocenters. The first-order chi connectivity index (χ1) is 19.1. The average molecular weight is 498 g/mol. The second-order valence-corrected chi connectivity index (χ2v) is 11.1. The van der Waals surface area contributed by atoms with Crippen molar-refractivity contribution >= 4 is 32.3 Å². The van der Waals surface area contributed by atoms with Crippen LogP contribution in [0.5, 0.6) is 0 Å². The number of nitrogens with zero attached hydrogens (tertiary/aromatic N) is 1. The van der Waals surface area contributed by atoms with Gasteiger partial charge in [-0.15, -0.1) is 0 Å². The van der Waals surface area contributed by atoms with E-state index in [2.05, 4.69) is 129 Å². The molecule has 1 nitrogen and oxygen atoms in total. The van der Waals surface area contributed by atoms with Crippen LogP contribution in [0.25, 0.3) is 65.8 Å². The Balaban J connectivity index is 1.57. The van der Waals surface area contributed by atoms with Crippen molar-refractivity contribution in [2.45, 2.75) is 19.3 Å². The molecule has 0 unspecified atom stereocenters. The maximum Gasteiger partial charge on any atom is 0.0714 e. The van der Waals surface area contributed by atoms with Crippen molar-refractivity contribution in [3.05, 3.63) is 139 Å². The minimum atomic E-state index is -0.0792. The van der Waals surface area contributed by atoms with Crippen molar-refractivity contribution in [1.29, 1.82) is 0 Å². The van der Waals surface area contributed by atoms with Gasteiger partial charge in [0.1, 0.15) is 0 Å². The smallest absolute Gasteiger partial charge is 0.0714 e. The van der Waals surface area contributed by atoms with Gasteiger partial charge in [-0.2, -0.15) is 0 Å². The van der Waals surface area contributed by atoms with Gasteiger partial charge in [0.25, 0.3) is 0 Å². The van der Waals surface area contributed by atoms with E-state index in [-0.39, 0.29) is 5.41 Å². The van der Waals surface area contributed by atoms with Gasteiger partial charge in [-0.1, -0.05) is 117 Å². The molecule has 8 rings (SSSR count). The van der Waals surface area contributed by atoms with Gasteiger partial charge in [-0.3, -0.25) is 4.98 Å². The Kier molecular flexibility index (Phi) is 4.63. The van der Waals surface area contributed by atoms with Crippen LogP contribution in [0.4, 0.5) is 0 Å². The highest BCUT2D eigenvalue weighted by atomic mass is 14.7. The summed E-state index contributed by atoms with van der Waals surface area (Å²) in [5.74, 6) is 0. The molecule has 0 saturated carbocycles. The van der Waals surface area contributed by atoms with Gasteiger partial charge in [0.15, 0.2) is 0 Å². The molecule has 0 amide bonds. The summed E-state index contributed by atoms with van der Waals surface area (Å²) < 4.78 is 0. The molecule has 1 heteroatoms. The number of hydrogen-bond acceptors (Lipinski definition) is 1. The van der Waals surface area contributed by atoms with Gasteiger partial charge >= 0.3 is 0 Å². The predicted octanol–water partition coefficient (Wildman–Crippen LogP) is 10.2. The lowest BCUT2D eigenvalue weighted by molar-refractivity contribution is 0.661. The van der Waals surface area contributed by atoms with E-state index in [1.54, 1.807) is 0 Å². The van der Waals surface area contributed by atoms with Crippen LogP contribution in [0.2, 0.25) is 0 Å². The van der Waals surface area contributed by atoms with Crippen molar-refractivity contribution in [1.82, 2.24) is 4.98 Å². The molecule has 1 aromatic heterocycles. The third kappa shape index (κ3) is 3.05. The summed E-state index contributed by atoms with van der Waals surface area (Å²) in [7, 11) is 0. The van der Waals surface area contributed by atoms with Crippen molar-refractivity contribution in [2.75, 3.05) is 0 Å². The lowest BCUT2D eigenvalue weighted by Gasteiger charge is -2.24. The Morgan fingerprint density at radius 3 is 1.56 bits per heavy atom. The number of aromatic nitrogens is 1. The predicted molar refractivity (Wildman–Crippen MR) is 165 cm³/mol. The largest absolute Gasteiger partial charge is 0.256 e. The molecule has 7 aromatic rings. The zero-order chi connectivity index (χ0) is 26.1. The van der Waals surface area contributed by atoms with E-state index in [1.807, 2.05) is 12.3 Å². The van der Waals surface area contributed by atoms with Crippen molar-refractivity contribution < 1.29 is 0 Å². The molecular formula is C38H27N. The van der Waals surface area contributed by atoms with Gasteiger partial charge in [0.2, 0.25) is 0 Å². The molecular weight excluding hydrogens is 470 g/mol. The number of fused-ring (bicyclic) bond motifs is 7. The Hall–Kier alpha value is -4.75. The van der Waals surface area contributed by atoms with Gasteiger partial charge in [-0.05, 0) is 83.9 Å². The van der Waals surface area contributed by atoms with E-state index in [1.165, 1.54) is 71.3 Å². The molecule has 0 radical (unpaired) electrons. The van der Waals surface area contributed by atoms with Crippen LogP contribution in [0.1, 0.15) is 25.0 Å². The molecule has 0 spiro atoms. The molecule has 1 aliphatic carbocycles. The van der Waals surface area contributed by atoms with Gasteiger partial charge < -0.3 is 0 Å². The summed E-state index contributed by atoms with van der Waals surface area (Å²) >= 11 is 0. The summed E-state index contributed by atoms with van der Waals surface area (Å²) in [6.07, 6.45) is 1.89. The summed E-state index contributed by atoms with van der Waals surface area (Å²) in [6.45, 7) is 4.74. The normalized spacial score (nSPS) is 13.6. The monoisotopic (exact) mass is 497 g/mol. The molecule has 0 saturated heterocycles. The molecule has 0 bridgehead atoms. The topological polar surface area (TPSA) is 12.9 Å². The summed E-state index contributed by atoms with van der Waals surface area (Å²) in [4.78, 5) is 4.79. The molecule has 0 N–H and O–H groups in total. The van der Waals surface area contributed by atoms with Crippen LogP contribution < -0.4 is 0 Å². The second kappa shape index (κ2) is 8.12. The van der Waals surface area contributed by atoms with E-state index >= 15 is 0 Å². The maximum atomic E-state index is 4.79. The minimum absolute atomic E-state index is 0.0792. The first kappa shape index (κ1) is 22.3. The Labute approximate surface area is 228 Å². The highest BCUT2D eigenvalue weighted by molar-refractivity contribution is 6.24. The lowest BCUT2D eigenvalue weighted by atomic mass is 9.79. The SMILES string of the molecule is CC1(C)c2ccccc2-c2c1cc(-c1c3ccccc3c(-c3ccccn3)c3ccccc13)c1ccccc21. The van der Waals surface area contributed by atoms with Crippen LogP contribution in [-0.2, 0) is 5.41 Å². The fraction of sp³-hybridized carbons (Fsp3) is 0.0789. The zero-order valence-electron chi connectivity index (χ0n) is 22.1. The number of hydrogen-bond donors (Lipinski definition) is 0. The molecule has 1 aliphatic rings. The molecule has 39 heavy (non-hydrogen) atoms. The first-order valence-corrected chi connectivity index (χ1v) is 13.7. The van der Waals surface area contributed by atoms with E-state index in [0.29, 0.717) is 0 Å². The molecule has 1 heterocycles. The second-order valence-electron chi connectivity index (χ2n) is 11.1.